The predicted octanol–water partition coefficient (Wildman–Crippen LogP) is 6.50. The third kappa shape index (κ3) is 2.66. The molecule has 27 heavy (non-hydrogen) atoms. The average Bonchev–Trinajstić information content (AvgIpc) is 3.05. The Hall–Kier alpha value is -2.33. The number of allylic oxidation sites excluding steroid dienone is 1. The van der Waals surface area contributed by atoms with Gasteiger partial charge in [0, 0.05) is 23.2 Å². The Morgan fingerprint density at radius 3 is 2.67 bits per heavy atom. The number of anilines is 1. The van der Waals surface area contributed by atoms with Crippen molar-refractivity contribution in [2.45, 2.75) is 32.7 Å². The third-order valence-corrected chi connectivity index (χ3v) is 6.04. The smallest absolute Gasteiger partial charge is 0.169 e. The van der Waals surface area contributed by atoms with Crippen molar-refractivity contribution in [1.82, 2.24) is 0 Å². The van der Waals surface area contributed by atoms with Crippen molar-refractivity contribution < 1.29 is 9.21 Å². The Morgan fingerprint density at radius 2 is 1.89 bits per heavy atom. The number of furan rings is 1. The quantitative estimate of drug-likeness (QED) is 0.487. The lowest BCUT2D eigenvalue weighted by molar-refractivity contribution is -0.116. The molecule has 0 bridgehead atoms. The molecular formula is C23H20BrNO2. The van der Waals surface area contributed by atoms with E-state index in [1.54, 1.807) is 0 Å². The van der Waals surface area contributed by atoms with Crippen molar-refractivity contribution in [1.29, 1.82) is 0 Å². The van der Waals surface area contributed by atoms with Crippen LogP contribution in [-0.4, -0.2) is 5.78 Å². The maximum Gasteiger partial charge on any atom is 0.169 e. The second kappa shape index (κ2) is 5.83. The van der Waals surface area contributed by atoms with E-state index < -0.39 is 0 Å². The van der Waals surface area contributed by atoms with Gasteiger partial charge in [-0.15, -0.1) is 0 Å². The van der Waals surface area contributed by atoms with Gasteiger partial charge in [-0.1, -0.05) is 44.2 Å². The number of halogens is 1. The topological polar surface area (TPSA) is 42.2 Å². The number of rotatable bonds is 1. The van der Waals surface area contributed by atoms with Gasteiger partial charge in [0.15, 0.2) is 10.5 Å². The Labute approximate surface area is 166 Å². The van der Waals surface area contributed by atoms with Gasteiger partial charge in [0.05, 0.1) is 0 Å². The number of nitrogens with one attached hydrogen (secondary N) is 1. The lowest BCUT2D eigenvalue weighted by atomic mass is 9.68. The van der Waals surface area contributed by atoms with E-state index in [4.69, 9.17) is 4.42 Å². The maximum absolute atomic E-state index is 13.3. The zero-order valence-corrected chi connectivity index (χ0v) is 16.9. The van der Waals surface area contributed by atoms with Crippen LogP contribution in [0.1, 0.15) is 44.1 Å². The minimum atomic E-state index is -0.122. The summed E-state index contributed by atoms with van der Waals surface area (Å²) in [5.41, 5.74) is 4.02. The van der Waals surface area contributed by atoms with E-state index in [0.717, 1.165) is 45.4 Å². The summed E-state index contributed by atoms with van der Waals surface area (Å²) in [5, 5.41) is 5.93. The molecule has 0 saturated heterocycles. The molecule has 1 N–H and O–H groups in total. The Kier molecular flexibility index (Phi) is 3.63. The molecule has 1 aromatic heterocycles. The number of hydrogen-bond acceptors (Lipinski definition) is 3. The van der Waals surface area contributed by atoms with Gasteiger partial charge >= 0.3 is 0 Å². The number of hydrogen-bond donors (Lipinski definition) is 1. The summed E-state index contributed by atoms with van der Waals surface area (Å²) in [4.78, 5) is 13.3. The Balaban J connectivity index is 1.81. The highest BCUT2D eigenvalue weighted by Crippen LogP contribution is 2.51. The monoisotopic (exact) mass is 421 g/mol. The van der Waals surface area contributed by atoms with Gasteiger partial charge in [0.25, 0.3) is 0 Å². The highest BCUT2D eigenvalue weighted by Gasteiger charge is 2.41. The second-order valence-electron chi connectivity index (χ2n) is 8.27. The molecule has 1 aliphatic carbocycles. The molecule has 0 saturated carbocycles. The van der Waals surface area contributed by atoms with Crippen molar-refractivity contribution in [3.8, 4) is 0 Å². The highest BCUT2D eigenvalue weighted by atomic mass is 79.9. The van der Waals surface area contributed by atoms with Crippen LogP contribution in [0.5, 0.6) is 0 Å². The summed E-state index contributed by atoms with van der Waals surface area (Å²) >= 11 is 3.41. The molecule has 1 atom stereocenters. The molecule has 1 aliphatic heterocycles. The third-order valence-electron chi connectivity index (χ3n) is 5.61. The summed E-state index contributed by atoms with van der Waals surface area (Å²) in [6.45, 7) is 4.34. The molecule has 0 unspecified atom stereocenters. The van der Waals surface area contributed by atoms with E-state index in [1.807, 2.05) is 24.3 Å². The van der Waals surface area contributed by atoms with E-state index in [-0.39, 0.29) is 17.2 Å². The molecule has 3 aromatic rings. The van der Waals surface area contributed by atoms with E-state index in [9.17, 15) is 4.79 Å². The SMILES string of the molecule is CC1(C)CC(=O)C2=C(C1)[C@@H](c1ccc(Br)o1)Nc1ccc3ccccc3c12. The number of carbonyl (C=O) groups is 1. The first kappa shape index (κ1) is 16.8. The van der Waals surface area contributed by atoms with Gasteiger partial charge in [-0.25, -0.2) is 0 Å². The van der Waals surface area contributed by atoms with E-state index in [1.165, 1.54) is 0 Å². The van der Waals surface area contributed by atoms with Crippen LogP contribution in [-0.2, 0) is 4.79 Å². The fourth-order valence-corrected chi connectivity index (χ4v) is 4.86. The molecule has 0 spiro atoms. The summed E-state index contributed by atoms with van der Waals surface area (Å²) in [6.07, 6.45) is 1.44. The van der Waals surface area contributed by atoms with Crippen LogP contribution in [0.3, 0.4) is 0 Å². The van der Waals surface area contributed by atoms with Gasteiger partial charge in [-0.2, -0.15) is 0 Å². The molecule has 3 nitrogen and oxygen atoms in total. The van der Waals surface area contributed by atoms with Crippen molar-refractivity contribution in [3.63, 3.8) is 0 Å². The molecule has 2 heterocycles. The normalized spacial score (nSPS) is 21.0. The van der Waals surface area contributed by atoms with Gasteiger partial charge in [0.2, 0.25) is 0 Å². The first-order chi connectivity index (χ1) is 12.9. The molecule has 0 fully saturated rings. The van der Waals surface area contributed by atoms with Crippen LogP contribution in [0.2, 0.25) is 0 Å². The number of carbonyl (C=O) groups excluding carboxylic acids is 1. The number of ketones is 1. The van der Waals surface area contributed by atoms with Crippen molar-refractivity contribution >= 4 is 43.7 Å². The number of fused-ring (bicyclic) bond motifs is 4. The van der Waals surface area contributed by atoms with Crippen LogP contribution in [0.25, 0.3) is 16.3 Å². The summed E-state index contributed by atoms with van der Waals surface area (Å²) < 4.78 is 6.59. The van der Waals surface area contributed by atoms with Crippen LogP contribution in [0.4, 0.5) is 5.69 Å². The Bertz CT molecular complexity index is 1120. The lowest BCUT2D eigenvalue weighted by Crippen LogP contribution is -2.32. The maximum atomic E-state index is 13.3. The molecule has 136 valence electrons. The first-order valence-electron chi connectivity index (χ1n) is 9.23. The molecule has 4 heteroatoms. The predicted molar refractivity (Wildman–Crippen MR) is 112 cm³/mol. The summed E-state index contributed by atoms with van der Waals surface area (Å²) in [7, 11) is 0. The Morgan fingerprint density at radius 1 is 1.07 bits per heavy atom. The van der Waals surface area contributed by atoms with Gasteiger partial charge < -0.3 is 9.73 Å². The van der Waals surface area contributed by atoms with Gasteiger partial charge in [-0.05, 0) is 62.3 Å². The second-order valence-corrected chi connectivity index (χ2v) is 9.05. The molecule has 5 rings (SSSR count). The van der Waals surface area contributed by atoms with Crippen molar-refractivity contribution in [2.24, 2.45) is 5.41 Å². The average molecular weight is 422 g/mol. The minimum absolute atomic E-state index is 0.0538. The molecule has 2 aliphatic rings. The fraction of sp³-hybridized carbons (Fsp3) is 0.261. The molecular weight excluding hydrogens is 402 g/mol. The van der Waals surface area contributed by atoms with Gasteiger partial charge in [0.1, 0.15) is 11.8 Å². The van der Waals surface area contributed by atoms with Gasteiger partial charge in [-0.3, -0.25) is 4.79 Å². The standard InChI is InChI=1S/C23H20BrNO2/c1-23(2)11-15-21(17(26)12-23)20-14-6-4-3-5-13(14)7-8-16(20)25-22(15)18-9-10-19(24)27-18/h3-10,22,25H,11-12H2,1-2H3/t22-/m0/s1. The van der Waals surface area contributed by atoms with E-state index >= 15 is 0 Å². The van der Waals surface area contributed by atoms with Crippen molar-refractivity contribution in [3.05, 3.63) is 70.1 Å². The zero-order valence-electron chi connectivity index (χ0n) is 15.3. The summed E-state index contributed by atoms with van der Waals surface area (Å²) in [6, 6.07) is 16.2. The molecule has 0 radical (unpaired) electrons. The van der Waals surface area contributed by atoms with E-state index in [0.29, 0.717) is 11.1 Å². The first-order valence-corrected chi connectivity index (χ1v) is 10.0. The number of Topliss-reactive ketones (excluding diaryl/α,β-unsaturated/α-hetero) is 1. The van der Waals surface area contributed by atoms with Crippen LogP contribution in [0.15, 0.2) is 63.2 Å². The van der Waals surface area contributed by atoms with Crippen LogP contribution >= 0.6 is 15.9 Å². The minimum Gasteiger partial charge on any atom is -0.452 e. The van der Waals surface area contributed by atoms with Crippen LogP contribution in [0, 0.1) is 5.41 Å². The van der Waals surface area contributed by atoms with Crippen molar-refractivity contribution in [2.75, 3.05) is 5.32 Å². The molecule has 2 aromatic carbocycles. The van der Waals surface area contributed by atoms with Crippen LogP contribution < -0.4 is 5.32 Å². The largest absolute Gasteiger partial charge is 0.452 e. The summed E-state index contributed by atoms with van der Waals surface area (Å²) in [5.74, 6) is 1.06. The fourth-order valence-electron chi connectivity index (χ4n) is 4.55. The van der Waals surface area contributed by atoms with E-state index in [2.05, 4.69) is 59.4 Å². The highest BCUT2D eigenvalue weighted by molar-refractivity contribution is 9.10. The lowest BCUT2D eigenvalue weighted by Gasteiger charge is -2.39. The zero-order chi connectivity index (χ0) is 18.8. The molecule has 0 amide bonds. The number of benzene rings is 2.